The number of hydrogen-bond donors (Lipinski definition) is 2. The fourth-order valence-electron chi connectivity index (χ4n) is 0.976. The molecule has 2 nitrogen and oxygen atoms in total. The highest BCUT2D eigenvalue weighted by Crippen LogP contribution is 2.34. The molecule has 0 radical (unpaired) electrons. The molecule has 1 aromatic carbocycles. The molecule has 0 amide bonds. The van der Waals surface area contributed by atoms with Crippen molar-refractivity contribution in [2.45, 2.75) is 12.5 Å². The minimum absolute atomic E-state index is 0.00333. The van der Waals surface area contributed by atoms with Crippen molar-refractivity contribution in [2.24, 2.45) is 5.73 Å². The molecule has 0 saturated heterocycles. The number of phenolic OH excluding ortho intramolecular Hbond substituents is 1. The van der Waals surface area contributed by atoms with Crippen molar-refractivity contribution in [1.82, 2.24) is 0 Å². The van der Waals surface area contributed by atoms with Crippen molar-refractivity contribution >= 4 is 15.9 Å². The normalized spacial score (nSPS) is 13.3. The third-order valence-electron chi connectivity index (χ3n) is 1.69. The maximum Gasteiger partial charge on any atom is 0.257 e. The molecule has 0 fully saturated rings. The number of benzene rings is 1. The van der Waals surface area contributed by atoms with Crippen molar-refractivity contribution in [1.29, 1.82) is 0 Å². The molecule has 0 spiro atoms. The van der Waals surface area contributed by atoms with Gasteiger partial charge in [-0.2, -0.15) is 0 Å². The third-order valence-corrected chi connectivity index (χ3v) is 2.29. The SMILES string of the molecule is N[C@@H](c1cc(F)cc(Br)c1O)C(F)F. The van der Waals surface area contributed by atoms with Crippen LogP contribution in [0, 0.1) is 5.82 Å². The molecule has 0 unspecified atom stereocenters. The van der Waals surface area contributed by atoms with Gasteiger partial charge in [0.25, 0.3) is 6.43 Å². The summed E-state index contributed by atoms with van der Waals surface area (Å²) in [5.41, 5.74) is 4.77. The van der Waals surface area contributed by atoms with Crippen molar-refractivity contribution < 1.29 is 18.3 Å². The molecule has 0 aliphatic rings. The molecule has 0 heterocycles. The van der Waals surface area contributed by atoms with Crippen molar-refractivity contribution in [3.8, 4) is 5.75 Å². The number of hydrogen-bond acceptors (Lipinski definition) is 2. The molecular formula is C8H7BrF3NO. The van der Waals surface area contributed by atoms with E-state index in [1.807, 2.05) is 0 Å². The van der Waals surface area contributed by atoms with Crippen LogP contribution in [0.1, 0.15) is 11.6 Å². The lowest BCUT2D eigenvalue weighted by Gasteiger charge is -2.13. The second kappa shape index (κ2) is 4.18. The van der Waals surface area contributed by atoms with E-state index in [-0.39, 0.29) is 10.0 Å². The Bertz CT molecular complexity index is 346. The Hall–Kier alpha value is -0.750. The average molecular weight is 270 g/mol. The molecule has 0 aromatic heterocycles. The van der Waals surface area contributed by atoms with E-state index in [9.17, 15) is 18.3 Å². The minimum Gasteiger partial charge on any atom is -0.506 e. The number of aromatic hydroxyl groups is 1. The first kappa shape index (κ1) is 11.3. The summed E-state index contributed by atoms with van der Waals surface area (Å²) in [5, 5.41) is 9.31. The second-order valence-electron chi connectivity index (χ2n) is 2.69. The molecule has 0 aliphatic heterocycles. The second-order valence-corrected chi connectivity index (χ2v) is 3.54. The van der Waals surface area contributed by atoms with Gasteiger partial charge in [-0.1, -0.05) is 0 Å². The number of nitrogens with two attached hydrogens (primary N) is 1. The summed E-state index contributed by atoms with van der Waals surface area (Å²) in [7, 11) is 0. The summed E-state index contributed by atoms with van der Waals surface area (Å²) in [6, 6.07) is 0.0653. The molecule has 0 saturated carbocycles. The standard InChI is InChI=1S/C8H7BrF3NO/c9-5-2-3(10)1-4(7(5)14)6(13)8(11)12/h1-2,6,8,14H,13H2/t6-/m0/s1. The first-order chi connectivity index (χ1) is 6.43. The fraction of sp³-hybridized carbons (Fsp3) is 0.250. The zero-order valence-corrected chi connectivity index (χ0v) is 8.43. The van der Waals surface area contributed by atoms with Gasteiger partial charge in [-0.15, -0.1) is 0 Å². The van der Waals surface area contributed by atoms with E-state index in [1.54, 1.807) is 0 Å². The Morgan fingerprint density at radius 3 is 2.43 bits per heavy atom. The number of phenols is 1. The zero-order valence-electron chi connectivity index (χ0n) is 6.85. The van der Waals surface area contributed by atoms with Gasteiger partial charge in [0.15, 0.2) is 0 Å². The van der Waals surface area contributed by atoms with Gasteiger partial charge in [0.1, 0.15) is 11.6 Å². The van der Waals surface area contributed by atoms with Crippen LogP contribution in [0.25, 0.3) is 0 Å². The monoisotopic (exact) mass is 269 g/mol. The molecule has 0 aliphatic carbocycles. The lowest BCUT2D eigenvalue weighted by molar-refractivity contribution is 0.115. The zero-order chi connectivity index (χ0) is 10.9. The van der Waals surface area contributed by atoms with Crippen molar-refractivity contribution in [2.75, 3.05) is 0 Å². The van der Waals surface area contributed by atoms with Gasteiger partial charge in [-0.25, -0.2) is 13.2 Å². The lowest BCUT2D eigenvalue weighted by Crippen LogP contribution is -2.19. The van der Waals surface area contributed by atoms with Gasteiger partial charge in [0.05, 0.1) is 10.5 Å². The van der Waals surface area contributed by atoms with E-state index in [0.29, 0.717) is 0 Å². The molecule has 1 aromatic rings. The quantitative estimate of drug-likeness (QED) is 0.867. The topological polar surface area (TPSA) is 46.2 Å². The average Bonchev–Trinajstić information content (AvgIpc) is 2.09. The van der Waals surface area contributed by atoms with E-state index >= 15 is 0 Å². The van der Waals surface area contributed by atoms with Crippen LogP contribution < -0.4 is 5.73 Å². The molecule has 1 rings (SSSR count). The fourth-order valence-corrected chi connectivity index (χ4v) is 1.42. The summed E-state index contributed by atoms with van der Waals surface area (Å²) in [5.74, 6) is -1.19. The first-order valence-corrected chi connectivity index (χ1v) is 4.44. The van der Waals surface area contributed by atoms with Crippen molar-refractivity contribution in [3.05, 3.63) is 28.0 Å². The molecule has 0 bridgehead atoms. The van der Waals surface area contributed by atoms with E-state index in [4.69, 9.17) is 5.73 Å². The Morgan fingerprint density at radius 1 is 1.36 bits per heavy atom. The van der Waals surface area contributed by atoms with Crippen LogP contribution in [0.5, 0.6) is 5.75 Å². The van der Waals surface area contributed by atoms with E-state index in [2.05, 4.69) is 15.9 Å². The van der Waals surface area contributed by atoms with E-state index in [0.717, 1.165) is 12.1 Å². The highest BCUT2D eigenvalue weighted by atomic mass is 79.9. The van der Waals surface area contributed by atoms with Gasteiger partial charge in [-0.3, -0.25) is 0 Å². The highest BCUT2D eigenvalue weighted by molar-refractivity contribution is 9.10. The Kier molecular flexibility index (Phi) is 3.38. The maximum absolute atomic E-state index is 12.8. The predicted molar refractivity (Wildman–Crippen MR) is 48.7 cm³/mol. The minimum atomic E-state index is -2.85. The van der Waals surface area contributed by atoms with Crippen LogP contribution >= 0.6 is 15.9 Å². The van der Waals surface area contributed by atoms with Crippen LogP contribution in [0.2, 0.25) is 0 Å². The smallest absolute Gasteiger partial charge is 0.257 e. The van der Waals surface area contributed by atoms with Gasteiger partial charge in [0, 0.05) is 5.56 Å². The van der Waals surface area contributed by atoms with Crippen LogP contribution in [-0.2, 0) is 0 Å². The maximum atomic E-state index is 12.8. The summed E-state index contributed by atoms with van der Waals surface area (Å²) in [6.45, 7) is 0. The van der Waals surface area contributed by atoms with Gasteiger partial charge < -0.3 is 10.8 Å². The van der Waals surface area contributed by atoms with Gasteiger partial charge >= 0.3 is 0 Å². The van der Waals surface area contributed by atoms with E-state index < -0.39 is 24.0 Å². The highest BCUT2D eigenvalue weighted by Gasteiger charge is 2.22. The largest absolute Gasteiger partial charge is 0.506 e. The number of rotatable bonds is 2. The molecular weight excluding hydrogens is 263 g/mol. The van der Waals surface area contributed by atoms with E-state index in [1.165, 1.54) is 0 Å². The van der Waals surface area contributed by atoms with Gasteiger partial charge in [-0.05, 0) is 28.1 Å². The number of alkyl halides is 2. The Balaban J connectivity index is 3.20. The number of halogens is 4. The molecule has 3 N–H and O–H groups in total. The summed E-state index contributed by atoms with van der Waals surface area (Å²) < 4.78 is 37.2. The lowest BCUT2D eigenvalue weighted by atomic mass is 10.1. The van der Waals surface area contributed by atoms with Gasteiger partial charge in [0.2, 0.25) is 0 Å². The summed E-state index contributed by atoms with van der Waals surface area (Å²) in [6.07, 6.45) is -2.85. The predicted octanol–water partition coefficient (Wildman–Crippen LogP) is 2.56. The molecule has 1 atom stereocenters. The summed E-state index contributed by atoms with van der Waals surface area (Å²) >= 11 is 2.82. The molecule has 6 heteroatoms. The summed E-state index contributed by atoms with van der Waals surface area (Å²) in [4.78, 5) is 0. The van der Waals surface area contributed by atoms with Crippen molar-refractivity contribution in [3.63, 3.8) is 0 Å². The third kappa shape index (κ3) is 2.19. The molecule has 78 valence electrons. The van der Waals surface area contributed by atoms with Crippen LogP contribution in [0.4, 0.5) is 13.2 Å². The molecule has 14 heavy (non-hydrogen) atoms. The van der Waals surface area contributed by atoms with Crippen LogP contribution in [0.15, 0.2) is 16.6 Å². The Labute approximate surface area is 86.7 Å². The van der Waals surface area contributed by atoms with Crippen LogP contribution in [-0.4, -0.2) is 11.5 Å². The Morgan fingerprint density at radius 2 is 1.93 bits per heavy atom. The van der Waals surface area contributed by atoms with Crippen LogP contribution in [0.3, 0.4) is 0 Å². The first-order valence-electron chi connectivity index (χ1n) is 3.65.